The number of thiophene rings is 1. The van der Waals surface area contributed by atoms with Crippen LogP contribution in [0.3, 0.4) is 0 Å². The van der Waals surface area contributed by atoms with Crippen molar-refractivity contribution < 1.29 is 38.5 Å². The molecule has 78 heavy (non-hydrogen) atoms. The van der Waals surface area contributed by atoms with Crippen LogP contribution in [0.2, 0.25) is 23.2 Å². The molecule has 2 atom stereocenters. The third kappa shape index (κ3) is 14.0. The number of fused-ring (bicyclic) bond motifs is 1. The number of aromatic nitrogens is 1. The van der Waals surface area contributed by atoms with E-state index in [2.05, 4.69) is 73.3 Å². The first-order chi connectivity index (χ1) is 37.0. The molecule has 2 aromatic heterocycles. The van der Waals surface area contributed by atoms with Crippen molar-refractivity contribution in [3.8, 4) is 16.2 Å². The van der Waals surface area contributed by atoms with Gasteiger partial charge in [0.15, 0.2) is 8.32 Å². The lowest BCUT2D eigenvalue weighted by molar-refractivity contribution is -0.164. The number of piperidine rings is 1. The summed E-state index contributed by atoms with van der Waals surface area (Å²) in [4.78, 5) is 62.9. The van der Waals surface area contributed by atoms with Crippen LogP contribution in [0.15, 0.2) is 144 Å². The van der Waals surface area contributed by atoms with Crippen LogP contribution in [0.25, 0.3) is 21.3 Å². The maximum atomic E-state index is 14.1. The number of hydrogen-bond acceptors (Lipinski definition) is 11. The number of phenolic OH excluding ortho intramolecular Hbond substituents is 1. The first-order valence-corrected chi connectivity index (χ1v) is 30.6. The van der Waals surface area contributed by atoms with E-state index >= 15 is 0 Å². The summed E-state index contributed by atoms with van der Waals surface area (Å²) in [7, 11) is -2.53. The fourth-order valence-corrected chi connectivity index (χ4v) is 11.9. The molecule has 2 amide bonds. The standard InChI is InChI=1S/C62H71ClN4O9SSi/c1-60(2,3)75-59(72)67(39-53(76-78(7,8)61(4,5)6)48-25-27-52(68)56-49(48)26-29-55(69)65-56)38-43-22-24-50(51(63)34-43)57(70)64-36-47-23-28-54(77-47)44-18-15-21-46(35-44)62(73,45-19-13-10-14-20-45)58(71)74-40-42-30-32-66(33-31-42)37-41-16-11-9-12-17-41/h9-29,34-35,42,53,68,73H,30-33,36-40H2,1-8H3,(H,64,70)(H,65,69)/t53-,62-/m0/s1. The first-order valence-electron chi connectivity index (χ1n) is 26.5. The van der Waals surface area contributed by atoms with Gasteiger partial charge < -0.3 is 39.3 Å². The maximum Gasteiger partial charge on any atom is 0.410 e. The number of aliphatic hydroxyl groups is 1. The zero-order chi connectivity index (χ0) is 56.0. The molecular formula is C62H71ClN4O9SSi. The molecule has 8 rings (SSSR count). The van der Waals surface area contributed by atoms with Crippen LogP contribution in [0.1, 0.15) is 104 Å². The van der Waals surface area contributed by atoms with Gasteiger partial charge in [-0.2, -0.15) is 0 Å². The third-order valence-corrected chi connectivity index (χ3v) is 20.7. The number of rotatable bonds is 18. The number of carbonyl (C=O) groups is 3. The molecule has 13 nitrogen and oxygen atoms in total. The van der Waals surface area contributed by atoms with E-state index in [0.29, 0.717) is 27.6 Å². The Hall–Kier alpha value is -6.59. The van der Waals surface area contributed by atoms with Crippen LogP contribution in [-0.2, 0) is 43.9 Å². The zero-order valence-corrected chi connectivity index (χ0v) is 48.3. The molecule has 1 saturated heterocycles. The summed E-state index contributed by atoms with van der Waals surface area (Å²) in [5.41, 5.74) is 1.43. The number of ether oxygens (including phenoxy) is 2. The lowest BCUT2D eigenvalue weighted by Crippen LogP contribution is -2.45. The van der Waals surface area contributed by atoms with Crippen molar-refractivity contribution in [3.05, 3.63) is 193 Å². The fraction of sp³-hybridized carbons (Fsp3) is 0.355. The first kappa shape index (κ1) is 57.6. The van der Waals surface area contributed by atoms with Gasteiger partial charge in [0.05, 0.1) is 41.9 Å². The molecule has 410 valence electrons. The Morgan fingerprint density at radius 2 is 1.53 bits per heavy atom. The Morgan fingerprint density at radius 3 is 2.21 bits per heavy atom. The number of hydrogen-bond donors (Lipinski definition) is 4. The highest BCUT2D eigenvalue weighted by molar-refractivity contribution is 7.15. The average Bonchev–Trinajstić information content (AvgIpc) is 3.94. The van der Waals surface area contributed by atoms with Crippen molar-refractivity contribution in [2.45, 2.75) is 109 Å². The summed E-state index contributed by atoms with van der Waals surface area (Å²) in [6.45, 7) is 19.2. The fourth-order valence-electron chi connectivity index (χ4n) is 9.38. The maximum absolute atomic E-state index is 14.1. The van der Waals surface area contributed by atoms with Crippen molar-refractivity contribution in [1.82, 2.24) is 20.1 Å². The van der Waals surface area contributed by atoms with E-state index in [-0.39, 0.29) is 64.6 Å². The number of pyridine rings is 1. The molecule has 4 N–H and O–H groups in total. The zero-order valence-electron chi connectivity index (χ0n) is 45.7. The van der Waals surface area contributed by atoms with E-state index in [9.17, 15) is 29.4 Å². The van der Waals surface area contributed by atoms with E-state index in [1.54, 1.807) is 86.3 Å². The summed E-state index contributed by atoms with van der Waals surface area (Å²) in [6, 6.07) is 41.8. The summed E-state index contributed by atoms with van der Waals surface area (Å²) in [5, 5.41) is 26.8. The molecule has 0 spiro atoms. The minimum atomic E-state index is -2.53. The highest BCUT2D eigenvalue weighted by Crippen LogP contribution is 2.42. The normalized spacial score (nSPS) is 14.8. The monoisotopic (exact) mass is 1110 g/mol. The van der Waals surface area contributed by atoms with Crippen LogP contribution in [0.4, 0.5) is 4.79 Å². The SMILES string of the molecule is CC(C)(C)OC(=O)N(Cc1ccc(C(=O)NCc2ccc(-c3cccc([C@](O)(C(=O)OCC4CCN(Cc5ccccc5)CC4)c4ccccc4)c3)s2)c(Cl)c1)C[C@H](O[Si](C)(C)C(C)(C)C)c1ccc(O)c2[nH]c(=O)ccc12. The topological polar surface area (TPSA) is 171 Å². The quantitative estimate of drug-likeness (QED) is 0.0479. The molecule has 16 heteroatoms. The van der Waals surface area contributed by atoms with Gasteiger partial charge in [-0.05, 0) is 141 Å². The van der Waals surface area contributed by atoms with Crippen molar-refractivity contribution in [3.63, 3.8) is 0 Å². The van der Waals surface area contributed by atoms with Gasteiger partial charge in [-0.15, -0.1) is 11.3 Å². The number of phenols is 1. The molecule has 1 aliphatic heterocycles. The predicted octanol–water partition coefficient (Wildman–Crippen LogP) is 12.7. The molecule has 1 fully saturated rings. The molecule has 3 heterocycles. The van der Waals surface area contributed by atoms with E-state index in [1.807, 2.05) is 42.5 Å². The Kier molecular flexibility index (Phi) is 17.9. The van der Waals surface area contributed by atoms with Crippen molar-refractivity contribution in [2.75, 3.05) is 26.2 Å². The van der Waals surface area contributed by atoms with Gasteiger partial charge in [0.2, 0.25) is 11.2 Å². The molecule has 0 aliphatic carbocycles. The second-order valence-corrected chi connectivity index (χ2v) is 29.1. The Labute approximate surface area is 467 Å². The highest BCUT2D eigenvalue weighted by atomic mass is 35.5. The average molecular weight is 1110 g/mol. The van der Waals surface area contributed by atoms with E-state index in [1.165, 1.54) is 29.0 Å². The van der Waals surface area contributed by atoms with Crippen LogP contribution in [0.5, 0.6) is 5.75 Å². The number of H-pyrrole nitrogens is 1. The van der Waals surface area contributed by atoms with E-state index in [4.69, 9.17) is 25.5 Å². The van der Waals surface area contributed by atoms with Crippen molar-refractivity contribution >= 4 is 60.1 Å². The second-order valence-electron chi connectivity index (χ2n) is 22.7. The molecular weight excluding hydrogens is 1040 g/mol. The minimum Gasteiger partial charge on any atom is -0.506 e. The number of likely N-dealkylation sites (tertiary alicyclic amines) is 1. The van der Waals surface area contributed by atoms with Crippen LogP contribution in [-0.4, -0.2) is 83.1 Å². The highest BCUT2D eigenvalue weighted by Gasteiger charge is 2.43. The number of carbonyl (C=O) groups excluding carboxylic acids is 3. The third-order valence-electron chi connectivity index (χ3n) is 14.7. The van der Waals surface area contributed by atoms with Gasteiger partial charge in [0, 0.05) is 39.9 Å². The van der Waals surface area contributed by atoms with Gasteiger partial charge in [0.25, 0.3) is 5.91 Å². The largest absolute Gasteiger partial charge is 0.506 e. The molecule has 0 unspecified atom stereocenters. The van der Waals surface area contributed by atoms with E-state index < -0.39 is 43.6 Å². The Morgan fingerprint density at radius 1 is 0.833 bits per heavy atom. The lowest BCUT2D eigenvalue weighted by Gasteiger charge is -2.41. The van der Waals surface area contributed by atoms with Gasteiger partial charge in [-0.25, -0.2) is 9.59 Å². The van der Waals surface area contributed by atoms with Crippen molar-refractivity contribution in [1.29, 1.82) is 0 Å². The predicted molar refractivity (Wildman–Crippen MR) is 311 cm³/mol. The summed E-state index contributed by atoms with van der Waals surface area (Å²) < 4.78 is 19.0. The number of nitrogens with one attached hydrogen (secondary N) is 2. The number of nitrogens with zero attached hydrogens (tertiary/aromatic N) is 2. The minimum absolute atomic E-state index is 0.0454. The molecule has 0 bridgehead atoms. The van der Waals surface area contributed by atoms with Crippen molar-refractivity contribution in [2.24, 2.45) is 5.92 Å². The van der Waals surface area contributed by atoms with Gasteiger partial charge >= 0.3 is 12.1 Å². The van der Waals surface area contributed by atoms with E-state index in [0.717, 1.165) is 47.8 Å². The van der Waals surface area contributed by atoms with Crippen LogP contribution < -0.4 is 10.9 Å². The summed E-state index contributed by atoms with van der Waals surface area (Å²) in [5.74, 6) is -1.02. The number of esters is 1. The molecule has 1 aliphatic rings. The molecule has 0 radical (unpaired) electrons. The smallest absolute Gasteiger partial charge is 0.410 e. The number of aromatic hydroxyl groups is 1. The second kappa shape index (κ2) is 24.2. The summed E-state index contributed by atoms with van der Waals surface area (Å²) >= 11 is 8.35. The van der Waals surface area contributed by atoms with Crippen LogP contribution >= 0.6 is 22.9 Å². The van der Waals surface area contributed by atoms with Gasteiger partial charge in [-0.1, -0.05) is 123 Å². The Bertz CT molecular complexity index is 3290. The molecule has 0 saturated carbocycles. The number of benzene rings is 5. The van der Waals surface area contributed by atoms with Crippen LogP contribution in [0, 0.1) is 5.92 Å². The van der Waals surface area contributed by atoms with Gasteiger partial charge in [0.1, 0.15) is 11.4 Å². The summed E-state index contributed by atoms with van der Waals surface area (Å²) in [6.07, 6.45) is 0.488. The lowest BCUT2D eigenvalue weighted by atomic mass is 9.85. The van der Waals surface area contributed by atoms with Gasteiger partial charge in [-0.3, -0.25) is 14.5 Å². The number of halogens is 1. The molecule has 7 aromatic rings. The Balaban J connectivity index is 0.946. The molecule has 5 aromatic carbocycles. The number of amides is 2. The number of aromatic amines is 1.